The Morgan fingerprint density at radius 1 is 1.58 bits per heavy atom. The third-order valence-electron chi connectivity index (χ3n) is 1.38. The summed E-state index contributed by atoms with van der Waals surface area (Å²) in [5.41, 5.74) is 0. The van der Waals surface area contributed by atoms with Gasteiger partial charge in [0.2, 0.25) is 0 Å². The van der Waals surface area contributed by atoms with Crippen LogP contribution < -0.4 is 0 Å². The van der Waals surface area contributed by atoms with Crippen molar-refractivity contribution in [2.75, 3.05) is 20.3 Å². The highest BCUT2D eigenvalue weighted by Crippen LogP contribution is 2.02. The largest absolute Gasteiger partial charge is 0.462 e. The lowest BCUT2D eigenvalue weighted by atomic mass is 10.1. The molecule has 0 spiro atoms. The van der Waals surface area contributed by atoms with Crippen LogP contribution in [-0.4, -0.2) is 26.3 Å². The number of methoxy groups -OCH3 is 1. The molecule has 4 nitrogen and oxygen atoms in total. The fourth-order valence-electron chi connectivity index (χ4n) is 0.637. The van der Waals surface area contributed by atoms with Gasteiger partial charge in [-0.15, -0.1) is 0 Å². The molecule has 68 valence electrons. The van der Waals surface area contributed by atoms with Crippen LogP contribution in [0.2, 0.25) is 0 Å². The fourth-order valence-corrected chi connectivity index (χ4v) is 0.637. The highest BCUT2D eigenvalue weighted by atomic mass is 16.6. The molecule has 0 radical (unpaired) electrons. The molecule has 12 heavy (non-hydrogen) atoms. The van der Waals surface area contributed by atoms with Crippen molar-refractivity contribution in [2.45, 2.75) is 13.3 Å². The van der Waals surface area contributed by atoms with Gasteiger partial charge in [-0.25, -0.2) is 0 Å². The first-order chi connectivity index (χ1) is 5.76. The molecule has 0 saturated carbocycles. The van der Waals surface area contributed by atoms with Crippen molar-refractivity contribution >= 4 is 5.97 Å². The average molecular weight is 171 g/mol. The minimum absolute atomic E-state index is 0.216. The van der Waals surface area contributed by atoms with E-state index in [1.165, 1.54) is 7.11 Å². The predicted octanol–water partition coefficient (Wildman–Crippen LogP) is 0.726. The van der Waals surface area contributed by atoms with Gasteiger partial charge in [0, 0.05) is 7.11 Å². The normalized spacial score (nSPS) is 11.8. The number of rotatable bonds is 5. The molecule has 0 aromatic carbocycles. The van der Waals surface area contributed by atoms with Gasteiger partial charge in [-0.05, 0) is 6.42 Å². The van der Waals surface area contributed by atoms with Crippen LogP contribution in [0.3, 0.4) is 0 Å². The van der Waals surface area contributed by atoms with Crippen molar-refractivity contribution in [3.05, 3.63) is 0 Å². The van der Waals surface area contributed by atoms with E-state index in [4.69, 9.17) is 10.00 Å². The van der Waals surface area contributed by atoms with Crippen molar-refractivity contribution in [3.8, 4) is 6.07 Å². The van der Waals surface area contributed by atoms with Crippen LogP contribution in [0.5, 0.6) is 0 Å². The van der Waals surface area contributed by atoms with Gasteiger partial charge in [-0.1, -0.05) is 6.92 Å². The van der Waals surface area contributed by atoms with Crippen LogP contribution in [0.15, 0.2) is 0 Å². The van der Waals surface area contributed by atoms with E-state index < -0.39 is 11.9 Å². The number of carbonyl (C=O) groups excluding carboxylic acids is 1. The Kier molecular flexibility index (Phi) is 6.02. The summed E-state index contributed by atoms with van der Waals surface area (Å²) in [5, 5.41) is 8.47. The molecular formula is C8H13NO3. The second-order valence-electron chi connectivity index (χ2n) is 2.25. The fraction of sp³-hybridized carbons (Fsp3) is 0.750. The highest BCUT2D eigenvalue weighted by molar-refractivity contribution is 5.75. The summed E-state index contributed by atoms with van der Waals surface area (Å²) in [4.78, 5) is 11.0. The monoisotopic (exact) mass is 171 g/mol. The molecule has 0 bridgehead atoms. The molecule has 0 amide bonds. The van der Waals surface area contributed by atoms with E-state index in [1.54, 1.807) is 6.92 Å². The first kappa shape index (κ1) is 10.9. The number of nitrogens with zero attached hydrogens (tertiary/aromatic N) is 1. The molecule has 0 rings (SSSR count). The highest BCUT2D eigenvalue weighted by Gasteiger charge is 2.16. The molecule has 0 N–H and O–H groups in total. The molecule has 1 atom stereocenters. The van der Waals surface area contributed by atoms with E-state index in [9.17, 15) is 4.79 Å². The summed E-state index contributed by atoms with van der Waals surface area (Å²) in [6.45, 7) is 2.35. The number of ether oxygens (including phenoxy) is 2. The zero-order valence-corrected chi connectivity index (χ0v) is 7.37. The van der Waals surface area contributed by atoms with Gasteiger partial charge in [-0.2, -0.15) is 5.26 Å². The van der Waals surface area contributed by atoms with Crippen molar-refractivity contribution in [1.29, 1.82) is 5.26 Å². The third-order valence-corrected chi connectivity index (χ3v) is 1.38. The summed E-state index contributed by atoms with van der Waals surface area (Å²) in [5.74, 6) is -1.10. The van der Waals surface area contributed by atoms with E-state index in [2.05, 4.69) is 4.74 Å². The quantitative estimate of drug-likeness (QED) is 0.452. The molecule has 0 fully saturated rings. The van der Waals surface area contributed by atoms with Gasteiger partial charge in [0.05, 0.1) is 12.7 Å². The lowest BCUT2D eigenvalue weighted by Gasteiger charge is -2.06. The Bertz CT molecular complexity index is 174. The van der Waals surface area contributed by atoms with Crippen LogP contribution in [0.25, 0.3) is 0 Å². The van der Waals surface area contributed by atoms with Gasteiger partial charge in [0.15, 0.2) is 0 Å². The van der Waals surface area contributed by atoms with Gasteiger partial charge < -0.3 is 9.47 Å². The number of esters is 1. The van der Waals surface area contributed by atoms with Gasteiger partial charge in [0.25, 0.3) is 0 Å². The zero-order valence-electron chi connectivity index (χ0n) is 7.37. The maximum Gasteiger partial charge on any atom is 0.323 e. The third kappa shape index (κ3) is 3.94. The summed E-state index contributed by atoms with van der Waals surface area (Å²) in [6.07, 6.45) is 0.488. The van der Waals surface area contributed by atoms with E-state index >= 15 is 0 Å². The van der Waals surface area contributed by atoms with E-state index in [0.29, 0.717) is 13.0 Å². The summed E-state index contributed by atoms with van der Waals surface area (Å²) < 4.78 is 9.42. The van der Waals surface area contributed by atoms with Crippen molar-refractivity contribution in [1.82, 2.24) is 0 Å². The Balaban J connectivity index is 3.64. The standard InChI is InChI=1S/C8H13NO3/c1-3-7(6-9)8(10)12-5-4-11-2/h7H,3-5H2,1-2H3. The van der Waals surface area contributed by atoms with Crippen LogP contribution in [0, 0.1) is 17.2 Å². The minimum atomic E-state index is -0.637. The first-order valence-electron chi connectivity index (χ1n) is 3.81. The SMILES string of the molecule is CCC(C#N)C(=O)OCCOC. The minimum Gasteiger partial charge on any atom is -0.462 e. The topological polar surface area (TPSA) is 59.3 Å². The molecule has 0 aliphatic heterocycles. The maximum atomic E-state index is 11.0. The number of hydrogen-bond donors (Lipinski definition) is 0. The predicted molar refractivity (Wildman–Crippen MR) is 42.2 cm³/mol. The molecule has 0 heterocycles. The zero-order chi connectivity index (χ0) is 9.40. The van der Waals surface area contributed by atoms with E-state index in [1.807, 2.05) is 6.07 Å². The number of hydrogen-bond acceptors (Lipinski definition) is 4. The summed E-state index contributed by atoms with van der Waals surface area (Å²) in [7, 11) is 1.52. The van der Waals surface area contributed by atoms with Crippen molar-refractivity contribution in [2.24, 2.45) is 5.92 Å². The molecule has 0 saturated heterocycles. The van der Waals surface area contributed by atoms with Crippen LogP contribution in [0.4, 0.5) is 0 Å². The van der Waals surface area contributed by atoms with Gasteiger partial charge >= 0.3 is 5.97 Å². The van der Waals surface area contributed by atoms with Gasteiger partial charge in [-0.3, -0.25) is 4.79 Å². The first-order valence-corrected chi connectivity index (χ1v) is 3.81. The molecule has 0 aliphatic rings. The Hall–Kier alpha value is -1.08. The molecule has 0 aromatic rings. The van der Waals surface area contributed by atoms with Crippen LogP contribution in [0.1, 0.15) is 13.3 Å². The molecule has 4 heteroatoms. The lowest BCUT2D eigenvalue weighted by molar-refractivity contribution is -0.147. The van der Waals surface area contributed by atoms with Crippen LogP contribution in [-0.2, 0) is 14.3 Å². The molecule has 0 aliphatic carbocycles. The Morgan fingerprint density at radius 3 is 2.67 bits per heavy atom. The summed E-state index contributed by atoms with van der Waals surface area (Å²) in [6, 6.07) is 1.86. The number of nitriles is 1. The molecule has 0 aromatic heterocycles. The maximum absolute atomic E-state index is 11.0. The lowest BCUT2D eigenvalue weighted by Crippen LogP contribution is -2.17. The van der Waals surface area contributed by atoms with Crippen molar-refractivity contribution in [3.63, 3.8) is 0 Å². The second-order valence-corrected chi connectivity index (χ2v) is 2.25. The number of carbonyl (C=O) groups is 1. The Labute approximate surface area is 72.1 Å². The molecule has 1 unspecified atom stereocenters. The van der Waals surface area contributed by atoms with Gasteiger partial charge in [0.1, 0.15) is 12.5 Å². The van der Waals surface area contributed by atoms with E-state index in [0.717, 1.165) is 0 Å². The second kappa shape index (κ2) is 6.62. The average Bonchev–Trinajstić information content (AvgIpc) is 2.07. The molecular weight excluding hydrogens is 158 g/mol. The summed E-state index contributed by atoms with van der Waals surface area (Å²) >= 11 is 0. The van der Waals surface area contributed by atoms with Crippen LogP contribution >= 0.6 is 0 Å². The smallest absolute Gasteiger partial charge is 0.323 e. The van der Waals surface area contributed by atoms with E-state index in [-0.39, 0.29) is 6.61 Å². The van der Waals surface area contributed by atoms with Crippen molar-refractivity contribution < 1.29 is 14.3 Å². The Morgan fingerprint density at radius 2 is 2.25 bits per heavy atom.